The summed E-state index contributed by atoms with van der Waals surface area (Å²) in [5.74, 6) is 0.625. The fourth-order valence-corrected chi connectivity index (χ4v) is 2.18. The minimum atomic E-state index is -0.144. The minimum Gasteiger partial charge on any atom is -0.469 e. The first-order valence-electron chi connectivity index (χ1n) is 5.80. The van der Waals surface area contributed by atoms with E-state index in [9.17, 15) is 4.79 Å². The fourth-order valence-electron chi connectivity index (χ4n) is 2.18. The van der Waals surface area contributed by atoms with Gasteiger partial charge in [-0.1, -0.05) is 26.2 Å². The number of hydrogen-bond donors (Lipinski definition) is 1. The molecule has 3 nitrogen and oxygen atoms in total. The van der Waals surface area contributed by atoms with Crippen molar-refractivity contribution in [3.63, 3.8) is 0 Å². The van der Waals surface area contributed by atoms with E-state index in [1.807, 2.05) is 6.92 Å². The molecule has 88 valence electrons. The van der Waals surface area contributed by atoms with Crippen LogP contribution in [0.1, 0.15) is 46.0 Å². The second-order valence-electron chi connectivity index (χ2n) is 5.20. The molecule has 1 aliphatic carbocycles. The molecule has 15 heavy (non-hydrogen) atoms. The lowest BCUT2D eigenvalue weighted by Gasteiger charge is -2.39. The van der Waals surface area contributed by atoms with Gasteiger partial charge in [-0.15, -0.1) is 0 Å². The molecular formula is C12H23NO2. The van der Waals surface area contributed by atoms with Crippen LogP contribution >= 0.6 is 0 Å². The Morgan fingerprint density at radius 2 is 2.20 bits per heavy atom. The van der Waals surface area contributed by atoms with Crippen molar-refractivity contribution in [3.8, 4) is 0 Å². The molecule has 0 aliphatic heterocycles. The maximum Gasteiger partial charge on any atom is 0.306 e. The highest BCUT2D eigenvalue weighted by atomic mass is 16.5. The monoisotopic (exact) mass is 213 g/mol. The Morgan fingerprint density at radius 3 is 2.53 bits per heavy atom. The van der Waals surface area contributed by atoms with Gasteiger partial charge >= 0.3 is 5.97 Å². The summed E-state index contributed by atoms with van der Waals surface area (Å²) in [7, 11) is 1.44. The second kappa shape index (κ2) is 4.97. The fraction of sp³-hybridized carbons (Fsp3) is 0.917. The van der Waals surface area contributed by atoms with Crippen molar-refractivity contribution in [1.82, 2.24) is 0 Å². The van der Waals surface area contributed by atoms with E-state index in [1.165, 1.54) is 26.4 Å². The van der Waals surface area contributed by atoms with Gasteiger partial charge in [0.15, 0.2) is 0 Å². The van der Waals surface area contributed by atoms with E-state index >= 15 is 0 Å². The van der Waals surface area contributed by atoms with Crippen LogP contribution in [0, 0.1) is 11.3 Å². The summed E-state index contributed by atoms with van der Waals surface area (Å²) in [5.41, 5.74) is 5.89. The van der Waals surface area contributed by atoms with Crippen LogP contribution in [0.5, 0.6) is 0 Å². The Morgan fingerprint density at radius 1 is 1.60 bits per heavy atom. The lowest BCUT2D eigenvalue weighted by Crippen LogP contribution is -2.41. The van der Waals surface area contributed by atoms with E-state index in [4.69, 9.17) is 10.5 Å². The number of methoxy groups -OCH3 is 1. The minimum absolute atomic E-state index is 0.0391. The number of carbonyl (C=O) groups is 1. The summed E-state index contributed by atoms with van der Waals surface area (Å²) >= 11 is 0. The van der Waals surface area contributed by atoms with Crippen LogP contribution < -0.4 is 5.73 Å². The van der Waals surface area contributed by atoms with Crippen molar-refractivity contribution < 1.29 is 9.53 Å². The Balaban J connectivity index is 2.55. The average Bonchev–Trinajstić information content (AvgIpc) is 2.11. The maximum absolute atomic E-state index is 11.3. The third kappa shape index (κ3) is 3.20. The summed E-state index contributed by atoms with van der Waals surface area (Å²) in [6.07, 6.45) is 5.42. The van der Waals surface area contributed by atoms with E-state index < -0.39 is 0 Å². The molecule has 0 aromatic heterocycles. The lowest BCUT2D eigenvalue weighted by atomic mass is 9.68. The van der Waals surface area contributed by atoms with Gasteiger partial charge < -0.3 is 10.5 Å². The molecule has 3 heteroatoms. The molecular weight excluding hydrogens is 190 g/mol. The lowest BCUT2D eigenvalue weighted by molar-refractivity contribution is -0.143. The summed E-state index contributed by atoms with van der Waals surface area (Å²) in [6.45, 7) is 4.09. The smallest absolute Gasteiger partial charge is 0.306 e. The highest BCUT2D eigenvalue weighted by molar-refractivity contribution is 5.70. The van der Waals surface area contributed by atoms with Gasteiger partial charge in [0.2, 0.25) is 0 Å². The van der Waals surface area contributed by atoms with Crippen molar-refractivity contribution in [2.45, 2.75) is 52.0 Å². The van der Waals surface area contributed by atoms with E-state index in [1.54, 1.807) is 0 Å². The van der Waals surface area contributed by atoms with Gasteiger partial charge in [0.05, 0.1) is 13.5 Å². The molecule has 0 aromatic carbocycles. The Bertz CT molecular complexity index is 224. The predicted molar refractivity (Wildman–Crippen MR) is 60.3 cm³/mol. The van der Waals surface area contributed by atoms with Crippen LogP contribution in [0.3, 0.4) is 0 Å². The quantitative estimate of drug-likeness (QED) is 0.711. The summed E-state index contributed by atoms with van der Waals surface area (Å²) in [6, 6.07) is 0.0391. The third-order valence-corrected chi connectivity index (χ3v) is 3.85. The maximum atomic E-state index is 11.3. The molecule has 1 rings (SSSR count). The highest BCUT2D eigenvalue weighted by Crippen LogP contribution is 2.40. The molecule has 1 aliphatic rings. The molecule has 0 aromatic rings. The standard InChI is InChI=1S/C12H23NO2/c1-9(13)12(2,8-11(14)15-3)7-10-5-4-6-10/h9-10H,4-8,13H2,1-3H3. The van der Waals surface area contributed by atoms with Gasteiger partial charge in [0.1, 0.15) is 0 Å². The molecule has 0 spiro atoms. The molecule has 2 N–H and O–H groups in total. The Hall–Kier alpha value is -0.570. The highest BCUT2D eigenvalue weighted by Gasteiger charge is 2.36. The Labute approximate surface area is 92.4 Å². The van der Waals surface area contributed by atoms with Crippen LogP contribution in [0.25, 0.3) is 0 Å². The first kappa shape index (κ1) is 12.5. The number of hydrogen-bond acceptors (Lipinski definition) is 3. The zero-order valence-electron chi connectivity index (χ0n) is 10.1. The van der Waals surface area contributed by atoms with Crippen LogP contribution in [-0.2, 0) is 9.53 Å². The molecule has 1 fully saturated rings. The normalized spacial score (nSPS) is 22.7. The van der Waals surface area contributed by atoms with Crippen molar-refractivity contribution >= 4 is 5.97 Å². The molecule has 1 saturated carbocycles. The molecule has 0 heterocycles. The Kier molecular flexibility index (Phi) is 4.14. The second-order valence-corrected chi connectivity index (χ2v) is 5.20. The summed E-state index contributed by atoms with van der Waals surface area (Å²) in [4.78, 5) is 11.3. The number of carbonyl (C=O) groups excluding carboxylic acids is 1. The number of esters is 1. The van der Waals surface area contributed by atoms with Gasteiger partial charge in [-0.2, -0.15) is 0 Å². The molecule has 0 bridgehead atoms. The van der Waals surface area contributed by atoms with E-state index in [0.29, 0.717) is 6.42 Å². The van der Waals surface area contributed by atoms with E-state index in [-0.39, 0.29) is 17.4 Å². The van der Waals surface area contributed by atoms with Crippen LogP contribution in [0.15, 0.2) is 0 Å². The zero-order valence-corrected chi connectivity index (χ0v) is 10.1. The molecule has 2 atom stereocenters. The average molecular weight is 213 g/mol. The third-order valence-electron chi connectivity index (χ3n) is 3.85. The van der Waals surface area contributed by atoms with Crippen LogP contribution in [-0.4, -0.2) is 19.1 Å². The van der Waals surface area contributed by atoms with E-state index in [2.05, 4.69) is 6.92 Å². The SMILES string of the molecule is COC(=O)CC(C)(CC1CCC1)C(C)N. The zero-order chi connectivity index (χ0) is 11.5. The van der Waals surface area contributed by atoms with Crippen LogP contribution in [0.4, 0.5) is 0 Å². The molecule has 0 amide bonds. The van der Waals surface area contributed by atoms with Gasteiger partial charge in [-0.05, 0) is 24.7 Å². The number of rotatable bonds is 5. The van der Waals surface area contributed by atoms with Gasteiger partial charge in [-0.25, -0.2) is 0 Å². The molecule has 0 radical (unpaired) electrons. The molecule has 0 saturated heterocycles. The summed E-state index contributed by atoms with van der Waals surface area (Å²) in [5, 5.41) is 0. The number of nitrogens with two attached hydrogens (primary N) is 1. The number of ether oxygens (including phenoxy) is 1. The van der Waals surface area contributed by atoms with Crippen molar-refractivity contribution in [3.05, 3.63) is 0 Å². The first-order valence-corrected chi connectivity index (χ1v) is 5.80. The molecule has 2 unspecified atom stereocenters. The van der Waals surface area contributed by atoms with Gasteiger partial charge in [-0.3, -0.25) is 4.79 Å². The van der Waals surface area contributed by atoms with E-state index in [0.717, 1.165) is 12.3 Å². The van der Waals surface area contributed by atoms with Crippen LogP contribution in [0.2, 0.25) is 0 Å². The predicted octanol–water partition coefficient (Wildman–Crippen LogP) is 2.09. The topological polar surface area (TPSA) is 52.3 Å². The largest absolute Gasteiger partial charge is 0.469 e. The van der Waals surface area contributed by atoms with Gasteiger partial charge in [0, 0.05) is 6.04 Å². The van der Waals surface area contributed by atoms with Crippen molar-refractivity contribution in [2.24, 2.45) is 17.1 Å². The van der Waals surface area contributed by atoms with Gasteiger partial charge in [0.25, 0.3) is 0 Å². The van der Waals surface area contributed by atoms with Crippen molar-refractivity contribution in [1.29, 1.82) is 0 Å². The summed E-state index contributed by atoms with van der Waals surface area (Å²) < 4.78 is 4.73. The van der Waals surface area contributed by atoms with Crippen molar-refractivity contribution in [2.75, 3.05) is 7.11 Å². The first-order chi connectivity index (χ1) is 6.98.